The Labute approximate surface area is 272 Å². The smallest absolute Gasteiger partial charge is 0.159 e. The molecule has 0 amide bonds. The van der Waals surface area contributed by atoms with Crippen LogP contribution in [0.5, 0.6) is 0 Å². The molecule has 8 aromatic rings. The van der Waals surface area contributed by atoms with E-state index >= 15 is 0 Å². The lowest BCUT2D eigenvalue weighted by Crippen LogP contribution is -2.33. The van der Waals surface area contributed by atoms with Gasteiger partial charge in [-0.05, 0) is 33.5 Å². The number of benzene rings is 7. The topological polar surface area (TPSA) is 49.9 Å². The molecule has 1 atom stereocenters. The molecule has 0 aliphatic carbocycles. The molecule has 1 unspecified atom stereocenters. The molecule has 2 heterocycles. The number of nitrogens with zero attached hydrogens (tertiary/aromatic N) is 2. The summed E-state index contributed by atoms with van der Waals surface area (Å²) < 4.78 is 6.69. The average molecular weight is 604 g/mol. The minimum absolute atomic E-state index is 0.392. The van der Waals surface area contributed by atoms with Gasteiger partial charge in [-0.25, -0.2) is 9.98 Å². The van der Waals surface area contributed by atoms with E-state index in [1.165, 1.54) is 16.3 Å². The van der Waals surface area contributed by atoms with Crippen LogP contribution in [0.2, 0.25) is 0 Å². The number of fused-ring (bicyclic) bond motifs is 4. The number of aliphatic imine (C=N–C) groups is 2. The predicted octanol–water partition coefficient (Wildman–Crippen LogP) is 10.6. The molecule has 4 nitrogen and oxygen atoms in total. The summed E-state index contributed by atoms with van der Waals surface area (Å²) in [4.78, 5) is 10.3. The van der Waals surface area contributed by atoms with Crippen LogP contribution >= 0.6 is 0 Å². The molecule has 4 heteroatoms. The van der Waals surface area contributed by atoms with Crippen molar-refractivity contribution in [1.82, 2.24) is 5.32 Å². The van der Waals surface area contributed by atoms with Crippen molar-refractivity contribution in [2.24, 2.45) is 9.98 Å². The number of para-hydroxylation sites is 1. The third kappa shape index (κ3) is 4.79. The molecule has 0 bridgehead atoms. The molecule has 1 aromatic heterocycles. The standard InChI is InChI=1S/C43H29N3O/c1-3-12-28(13-4-1)29-22-24-32(25-23-29)42-44-41(31-15-5-2-6-16-31)45-43(46-42)37-27-26-35(34-20-11-17-30-14-7-8-18-33(30)34)40-39(37)36-19-9-10-21-38(36)47-40/h1-27,43H,(H,44,45,46). The van der Waals surface area contributed by atoms with E-state index in [1.54, 1.807) is 0 Å². The highest BCUT2D eigenvalue weighted by atomic mass is 16.3. The van der Waals surface area contributed by atoms with E-state index in [2.05, 4.69) is 133 Å². The second-order valence-electron chi connectivity index (χ2n) is 11.8. The number of hydrogen-bond acceptors (Lipinski definition) is 4. The van der Waals surface area contributed by atoms with Crippen LogP contribution in [0, 0.1) is 0 Å². The Hall–Kier alpha value is -6.26. The average Bonchev–Trinajstić information content (AvgIpc) is 3.55. The lowest BCUT2D eigenvalue weighted by molar-refractivity contribution is 0.663. The molecule has 1 aliphatic rings. The zero-order valence-corrected chi connectivity index (χ0v) is 25.5. The van der Waals surface area contributed by atoms with Gasteiger partial charge < -0.3 is 9.73 Å². The van der Waals surface area contributed by atoms with Gasteiger partial charge in [0.25, 0.3) is 0 Å². The van der Waals surface area contributed by atoms with Crippen molar-refractivity contribution >= 4 is 44.4 Å². The molecular formula is C43H29N3O. The molecule has 0 saturated carbocycles. The molecule has 0 fully saturated rings. The van der Waals surface area contributed by atoms with E-state index in [1.807, 2.05) is 36.4 Å². The van der Waals surface area contributed by atoms with Gasteiger partial charge in [-0.1, -0.05) is 158 Å². The van der Waals surface area contributed by atoms with Crippen LogP contribution < -0.4 is 5.32 Å². The Morgan fingerprint density at radius 3 is 1.94 bits per heavy atom. The predicted molar refractivity (Wildman–Crippen MR) is 194 cm³/mol. The summed E-state index contributed by atoms with van der Waals surface area (Å²) in [5.41, 5.74) is 9.26. The van der Waals surface area contributed by atoms with Crippen LogP contribution in [0.1, 0.15) is 22.9 Å². The second-order valence-corrected chi connectivity index (χ2v) is 11.8. The largest absolute Gasteiger partial charge is 0.455 e. The van der Waals surface area contributed by atoms with E-state index in [0.29, 0.717) is 5.84 Å². The molecule has 0 radical (unpaired) electrons. The fourth-order valence-corrected chi connectivity index (χ4v) is 6.68. The van der Waals surface area contributed by atoms with Crippen LogP contribution in [0.15, 0.2) is 178 Å². The summed E-state index contributed by atoms with van der Waals surface area (Å²) in [5.74, 6) is 1.47. The summed E-state index contributed by atoms with van der Waals surface area (Å²) in [6, 6.07) is 56.8. The minimum atomic E-state index is -0.392. The monoisotopic (exact) mass is 603 g/mol. The molecule has 0 spiro atoms. The third-order valence-electron chi connectivity index (χ3n) is 8.97. The molecule has 7 aromatic carbocycles. The lowest BCUT2D eigenvalue weighted by atomic mass is 9.93. The molecular weight excluding hydrogens is 574 g/mol. The number of furan rings is 1. The van der Waals surface area contributed by atoms with Crippen molar-refractivity contribution in [2.45, 2.75) is 6.17 Å². The van der Waals surface area contributed by atoms with Crippen molar-refractivity contribution in [3.05, 3.63) is 180 Å². The highest BCUT2D eigenvalue weighted by Gasteiger charge is 2.26. The zero-order chi connectivity index (χ0) is 31.2. The molecule has 47 heavy (non-hydrogen) atoms. The van der Waals surface area contributed by atoms with Crippen molar-refractivity contribution in [1.29, 1.82) is 0 Å². The third-order valence-corrected chi connectivity index (χ3v) is 8.97. The maximum absolute atomic E-state index is 6.69. The van der Waals surface area contributed by atoms with Gasteiger partial charge >= 0.3 is 0 Å². The van der Waals surface area contributed by atoms with Crippen molar-refractivity contribution in [3.63, 3.8) is 0 Å². The summed E-state index contributed by atoms with van der Waals surface area (Å²) in [5, 5.41) is 8.21. The Bertz CT molecular complexity index is 2470. The van der Waals surface area contributed by atoms with E-state index in [4.69, 9.17) is 14.4 Å². The van der Waals surface area contributed by atoms with Crippen LogP contribution in [-0.4, -0.2) is 11.7 Å². The fraction of sp³-hybridized carbons (Fsp3) is 0.0233. The van der Waals surface area contributed by atoms with Crippen molar-refractivity contribution in [3.8, 4) is 22.3 Å². The first-order valence-electron chi connectivity index (χ1n) is 15.9. The Balaban J connectivity index is 1.21. The van der Waals surface area contributed by atoms with Crippen LogP contribution in [0.25, 0.3) is 55.0 Å². The van der Waals surface area contributed by atoms with Gasteiger partial charge in [0, 0.05) is 33.0 Å². The molecule has 1 aliphatic heterocycles. The molecule has 9 rings (SSSR count). The second kappa shape index (κ2) is 11.3. The number of amidine groups is 2. The van der Waals surface area contributed by atoms with Crippen molar-refractivity contribution < 1.29 is 4.42 Å². The lowest BCUT2D eigenvalue weighted by Gasteiger charge is -2.24. The van der Waals surface area contributed by atoms with Gasteiger partial charge in [0.05, 0.1) is 0 Å². The first kappa shape index (κ1) is 27.1. The maximum Gasteiger partial charge on any atom is 0.159 e. The Kier molecular flexibility index (Phi) is 6.50. The van der Waals surface area contributed by atoms with E-state index in [0.717, 1.165) is 61.2 Å². The van der Waals surface area contributed by atoms with Crippen LogP contribution in [0.3, 0.4) is 0 Å². The summed E-state index contributed by atoms with van der Waals surface area (Å²) in [6.45, 7) is 0. The van der Waals surface area contributed by atoms with Crippen LogP contribution in [0.4, 0.5) is 0 Å². The van der Waals surface area contributed by atoms with Crippen molar-refractivity contribution in [2.75, 3.05) is 0 Å². The maximum atomic E-state index is 6.69. The van der Waals surface area contributed by atoms with Crippen LogP contribution in [-0.2, 0) is 0 Å². The van der Waals surface area contributed by atoms with E-state index < -0.39 is 6.17 Å². The zero-order valence-electron chi connectivity index (χ0n) is 25.5. The van der Waals surface area contributed by atoms with Gasteiger partial charge in [-0.2, -0.15) is 0 Å². The first-order chi connectivity index (χ1) is 23.3. The number of rotatable bonds is 5. The van der Waals surface area contributed by atoms with Gasteiger partial charge in [0.15, 0.2) is 5.84 Å². The minimum Gasteiger partial charge on any atom is -0.455 e. The summed E-state index contributed by atoms with van der Waals surface area (Å²) in [6.07, 6.45) is -0.392. The Morgan fingerprint density at radius 1 is 0.489 bits per heavy atom. The number of nitrogens with one attached hydrogen (secondary N) is 1. The fourth-order valence-electron chi connectivity index (χ4n) is 6.68. The highest BCUT2D eigenvalue weighted by molar-refractivity contribution is 6.16. The Morgan fingerprint density at radius 2 is 1.13 bits per heavy atom. The summed E-state index contributed by atoms with van der Waals surface area (Å²) in [7, 11) is 0. The van der Waals surface area contributed by atoms with Gasteiger partial charge in [-0.3, -0.25) is 0 Å². The van der Waals surface area contributed by atoms with Gasteiger partial charge in [0.1, 0.15) is 23.2 Å². The molecule has 0 saturated heterocycles. The first-order valence-corrected chi connectivity index (χ1v) is 15.9. The SMILES string of the molecule is c1ccc(C2=NC(c3ccc(-c4cccc5ccccc45)c4oc5ccccc5c34)NC(c3ccc(-c4ccccc4)cc3)=N2)cc1. The quantitative estimate of drug-likeness (QED) is 0.213. The van der Waals surface area contributed by atoms with E-state index in [9.17, 15) is 0 Å². The highest BCUT2D eigenvalue weighted by Crippen LogP contribution is 2.42. The normalized spacial score (nSPS) is 14.6. The van der Waals surface area contributed by atoms with Gasteiger partial charge in [0.2, 0.25) is 0 Å². The van der Waals surface area contributed by atoms with E-state index in [-0.39, 0.29) is 0 Å². The molecule has 1 N–H and O–H groups in total. The number of hydrogen-bond donors (Lipinski definition) is 1. The summed E-state index contributed by atoms with van der Waals surface area (Å²) >= 11 is 0. The van der Waals surface area contributed by atoms with Gasteiger partial charge in [-0.15, -0.1) is 0 Å². The molecule has 222 valence electrons.